The number of rotatable bonds is 11. The lowest BCUT2D eigenvalue weighted by Crippen LogP contribution is -3.00. The quantitative estimate of drug-likeness (QED) is 0.203. The largest absolute Gasteiger partial charge is 1.00 e. The van der Waals surface area contributed by atoms with E-state index >= 15 is 0 Å². The normalized spacial score (nSPS) is 10.9. The monoisotopic (exact) mass is 435 g/mol. The van der Waals surface area contributed by atoms with Crippen LogP contribution in [0, 0.1) is 0 Å². The fourth-order valence-electron chi connectivity index (χ4n) is 2.07. The van der Waals surface area contributed by atoms with E-state index in [1.165, 1.54) is 70.8 Å². The molecule has 0 saturated heterocycles. The SMILES string of the molecule is CCCCCCCCCCCC[N+](C)(C)C.O=S(=O)(O)O.[AlH3].[Br-]. The van der Waals surface area contributed by atoms with E-state index in [0.29, 0.717) is 0 Å². The van der Waals surface area contributed by atoms with E-state index in [0.717, 1.165) is 4.48 Å². The molecule has 0 bridgehead atoms. The third-order valence-corrected chi connectivity index (χ3v) is 3.18. The van der Waals surface area contributed by atoms with Crippen LogP contribution in [0.4, 0.5) is 0 Å². The van der Waals surface area contributed by atoms with Crippen LogP contribution in [0.25, 0.3) is 0 Å². The van der Waals surface area contributed by atoms with Crippen LogP contribution < -0.4 is 17.0 Å². The summed E-state index contributed by atoms with van der Waals surface area (Å²) in [6.07, 6.45) is 14.4. The Morgan fingerprint density at radius 2 is 1.00 bits per heavy atom. The lowest BCUT2D eigenvalue weighted by Gasteiger charge is -2.23. The zero-order valence-corrected chi connectivity index (χ0v) is 17.1. The highest BCUT2D eigenvalue weighted by atomic mass is 79.9. The maximum absolute atomic E-state index is 8.74. The van der Waals surface area contributed by atoms with Crippen molar-refractivity contribution in [3.8, 4) is 0 Å². The van der Waals surface area contributed by atoms with Gasteiger partial charge in [0.25, 0.3) is 0 Å². The highest BCUT2D eigenvalue weighted by molar-refractivity contribution is 7.79. The van der Waals surface area contributed by atoms with Crippen molar-refractivity contribution in [3.63, 3.8) is 0 Å². The Balaban J connectivity index is -0.000000225. The van der Waals surface area contributed by atoms with Crippen molar-refractivity contribution in [2.24, 2.45) is 0 Å². The molecule has 0 aliphatic carbocycles. The Hall–Kier alpha value is 0.842. The van der Waals surface area contributed by atoms with E-state index in [9.17, 15) is 0 Å². The summed E-state index contributed by atoms with van der Waals surface area (Å²) < 4.78 is 32.7. The summed E-state index contributed by atoms with van der Waals surface area (Å²) in [7, 11) is 2.19. The highest BCUT2D eigenvalue weighted by Crippen LogP contribution is 2.10. The minimum absolute atomic E-state index is 0. The minimum atomic E-state index is -4.67. The fourth-order valence-corrected chi connectivity index (χ4v) is 2.07. The number of unbranched alkanes of at least 4 members (excludes halogenated alkanes) is 9. The molecule has 2 N–H and O–H groups in total. The van der Waals surface area contributed by atoms with Gasteiger partial charge in [0.2, 0.25) is 0 Å². The smallest absolute Gasteiger partial charge is 0.394 e. The number of hydrogen-bond donors (Lipinski definition) is 2. The maximum Gasteiger partial charge on any atom is 0.394 e. The van der Waals surface area contributed by atoms with Crippen LogP contribution in [0.15, 0.2) is 0 Å². The molecule has 0 spiro atoms. The Kier molecular flexibility index (Phi) is 26.3. The summed E-state index contributed by atoms with van der Waals surface area (Å²) >= 11 is 0. The van der Waals surface area contributed by atoms with Gasteiger partial charge in [0.05, 0.1) is 27.7 Å². The third-order valence-electron chi connectivity index (χ3n) is 3.18. The van der Waals surface area contributed by atoms with E-state index in [-0.39, 0.29) is 34.3 Å². The van der Waals surface area contributed by atoms with Gasteiger partial charge in [-0.05, 0) is 12.8 Å². The zero-order chi connectivity index (χ0) is 16.8. The van der Waals surface area contributed by atoms with Crippen molar-refractivity contribution in [1.29, 1.82) is 0 Å². The second kappa shape index (κ2) is 19.2. The summed E-state index contributed by atoms with van der Waals surface area (Å²) in [5, 5.41) is 0. The molecule has 0 unspecified atom stereocenters. The standard InChI is InChI=1S/C15H34N.Al.BrH.H2O4S.3H/c1-5-6-7-8-9-10-11-12-13-14-15-16(2,3)4;;;1-5(2,3)4;;;/h5-15H2,1-4H3;;1H;(H2,1,2,3,4);;;/q+1;;;;;;/p-1. The van der Waals surface area contributed by atoms with Crippen LogP contribution in [0.2, 0.25) is 0 Å². The molecular formula is C15H39AlBrNO4S. The summed E-state index contributed by atoms with van der Waals surface area (Å²) in [4.78, 5) is 0. The average Bonchev–Trinajstić information content (AvgIpc) is 2.28. The van der Waals surface area contributed by atoms with Gasteiger partial charge in [-0.1, -0.05) is 58.3 Å². The van der Waals surface area contributed by atoms with Crippen molar-refractivity contribution in [1.82, 2.24) is 0 Å². The van der Waals surface area contributed by atoms with Gasteiger partial charge in [0.1, 0.15) is 0 Å². The van der Waals surface area contributed by atoms with Crippen LogP contribution in [0.3, 0.4) is 0 Å². The van der Waals surface area contributed by atoms with Crippen molar-refractivity contribution in [3.05, 3.63) is 0 Å². The predicted molar refractivity (Wildman–Crippen MR) is 98.9 cm³/mol. The Morgan fingerprint density at radius 1 is 0.739 bits per heavy atom. The van der Waals surface area contributed by atoms with Crippen molar-refractivity contribution in [2.75, 3.05) is 27.7 Å². The zero-order valence-electron chi connectivity index (χ0n) is 14.7. The first-order chi connectivity index (χ1) is 9.56. The minimum Gasteiger partial charge on any atom is -1.00 e. The van der Waals surface area contributed by atoms with Gasteiger partial charge in [-0.3, -0.25) is 9.11 Å². The van der Waals surface area contributed by atoms with Gasteiger partial charge in [-0.15, -0.1) is 0 Å². The first-order valence-electron chi connectivity index (χ1n) is 8.06. The first-order valence-corrected chi connectivity index (χ1v) is 9.46. The Bertz CT molecular complexity index is 314. The topological polar surface area (TPSA) is 74.6 Å². The first kappa shape index (κ1) is 31.6. The van der Waals surface area contributed by atoms with E-state index in [1.807, 2.05) is 0 Å². The summed E-state index contributed by atoms with van der Waals surface area (Å²) in [5.74, 6) is 0. The van der Waals surface area contributed by atoms with Crippen LogP contribution in [0.5, 0.6) is 0 Å². The number of nitrogens with zero attached hydrogens (tertiary/aromatic N) is 1. The summed E-state index contributed by atoms with van der Waals surface area (Å²) in [6, 6.07) is 0. The lowest BCUT2D eigenvalue weighted by molar-refractivity contribution is -0.870. The molecule has 0 fully saturated rings. The molecule has 23 heavy (non-hydrogen) atoms. The second-order valence-corrected chi connectivity index (χ2v) is 7.54. The van der Waals surface area contributed by atoms with Crippen LogP contribution >= 0.6 is 0 Å². The molecule has 0 rings (SSSR count). The van der Waals surface area contributed by atoms with E-state index < -0.39 is 10.4 Å². The summed E-state index contributed by atoms with van der Waals surface area (Å²) in [6.45, 7) is 3.62. The third kappa shape index (κ3) is 51.8. The molecule has 0 aliphatic heterocycles. The average molecular weight is 436 g/mol. The van der Waals surface area contributed by atoms with E-state index in [1.54, 1.807) is 0 Å². The molecular weight excluding hydrogens is 397 g/mol. The van der Waals surface area contributed by atoms with Gasteiger partial charge in [-0.25, -0.2) is 0 Å². The number of halogens is 1. The second-order valence-electron chi connectivity index (χ2n) is 6.64. The van der Waals surface area contributed by atoms with Crippen LogP contribution in [-0.2, 0) is 10.4 Å². The molecule has 0 saturated carbocycles. The van der Waals surface area contributed by atoms with Gasteiger partial charge < -0.3 is 21.5 Å². The number of hydrogen-bond acceptors (Lipinski definition) is 2. The van der Waals surface area contributed by atoms with Crippen molar-refractivity contribution >= 4 is 27.8 Å². The summed E-state index contributed by atoms with van der Waals surface area (Å²) in [5.41, 5.74) is 0. The molecule has 0 atom stereocenters. The maximum atomic E-state index is 8.74. The molecule has 0 heterocycles. The van der Waals surface area contributed by atoms with Crippen molar-refractivity contribution < 1.29 is 39.0 Å². The van der Waals surface area contributed by atoms with Crippen LogP contribution in [0.1, 0.15) is 71.1 Å². The number of quaternary nitrogens is 1. The van der Waals surface area contributed by atoms with Crippen LogP contribution in [-0.4, -0.2) is 67.1 Å². The molecule has 0 amide bonds. The fraction of sp³-hybridized carbons (Fsp3) is 1.00. The Labute approximate surface area is 165 Å². The molecule has 0 radical (unpaired) electrons. The Morgan fingerprint density at radius 3 is 1.26 bits per heavy atom. The van der Waals surface area contributed by atoms with Gasteiger partial charge in [0.15, 0.2) is 17.4 Å². The molecule has 0 aromatic carbocycles. The molecule has 8 heteroatoms. The molecule has 0 aliphatic rings. The highest BCUT2D eigenvalue weighted by Gasteiger charge is 2.04. The molecule has 0 aromatic heterocycles. The molecule has 0 aromatic rings. The van der Waals surface area contributed by atoms with E-state index in [4.69, 9.17) is 17.5 Å². The molecule has 5 nitrogen and oxygen atoms in total. The lowest BCUT2D eigenvalue weighted by atomic mass is 10.1. The van der Waals surface area contributed by atoms with E-state index in [2.05, 4.69) is 28.1 Å². The van der Waals surface area contributed by atoms with Gasteiger partial charge >= 0.3 is 10.4 Å². The molecule has 144 valence electrons. The van der Waals surface area contributed by atoms with Gasteiger partial charge in [0, 0.05) is 0 Å². The predicted octanol–water partition coefficient (Wildman–Crippen LogP) is -0.219. The van der Waals surface area contributed by atoms with Gasteiger partial charge in [-0.2, -0.15) is 8.42 Å². The van der Waals surface area contributed by atoms with Crippen molar-refractivity contribution in [2.45, 2.75) is 71.1 Å².